The summed E-state index contributed by atoms with van der Waals surface area (Å²) in [5, 5.41) is 2.39. The Bertz CT molecular complexity index is 1670. The van der Waals surface area contributed by atoms with Crippen molar-refractivity contribution < 1.29 is 4.42 Å². The van der Waals surface area contributed by atoms with Crippen molar-refractivity contribution in [3.8, 4) is 11.3 Å². The number of rotatable bonds is 2. The topological polar surface area (TPSA) is 26.0 Å². The molecule has 4 aromatic rings. The molecule has 43 heavy (non-hydrogen) atoms. The standard InChI is InChI=1S/C41H47NO/c1-2-10-26-25(9-1)29-12-5-14-31-27-22-21-24(23-35(27)32-15-6-13-30(26)40(32)39(29)31)36-18-8-19-37(42-36)34-17-7-16-33-28-11-3-4-20-38(28)43-41(33)34/h3-4,7-8,11,16-20,24-27,29-32,35,39-40H,1-2,5-6,9-10,12-15,21-23H2. The molecule has 222 valence electrons. The van der Waals surface area contributed by atoms with Gasteiger partial charge in [0.1, 0.15) is 11.2 Å². The van der Waals surface area contributed by atoms with Crippen LogP contribution in [-0.4, -0.2) is 4.98 Å². The fourth-order valence-corrected chi connectivity index (χ4v) is 13.3. The van der Waals surface area contributed by atoms with Crippen molar-refractivity contribution in [3.63, 3.8) is 0 Å². The van der Waals surface area contributed by atoms with Gasteiger partial charge in [0.2, 0.25) is 0 Å². The lowest BCUT2D eigenvalue weighted by Gasteiger charge is -2.67. The van der Waals surface area contributed by atoms with Gasteiger partial charge in [-0.05, 0) is 141 Å². The lowest BCUT2D eigenvalue weighted by molar-refractivity contribution is -0.188. The number of hydrogen-bond donors (Lipinski definition) is 0. The Kier molecular flexibility index (Phi) is 5.94. The third-order valence-electron chi connectivity index (χ3n) is 14.5. The normalized spacial score (nSPS) is 40.0. The molecule has 2 nitrogen and oxygen atoms in total. The maximum atomic E-state index is 6.43. The van der Waals surface area contributed by atoms with E-state index in [9.17, 15) is 0 Å². The van der Waals surface area contributed by atoms with Crippen LogP contribution in [0.1, 0.15) is 95.1 Å². The molecule has 0 aliphatic heterocycles. The molecule has 11 atom stereocenters. The highest BCUT2D eigenvalue weighted by Gasteiger charge is 2.62. The van der Waals surface area contributed by atoms with E-state index in [4.69, 9.17) is 9.40 Å². The maximum absolute atomic E-state index is 6.43. The van der Waals surface area contributed by atoms with Crippen molar-refractivity contribution in [2.45, 2.75) is 89.4 Å². The Morgan fingerprint density at radius 3 is 1.91 bits per heavy atom. The van der Waals surface area contributed by atoms with E-state index in [1.165, 1.54) is 67.8 Å². The molecule has 2 aromatic carbocycles. The molecule has 0 bridgehead atoms. The molecule has 2 heteroatoms. The fraction of sp³-hybridized carbons (Fsp3) is 0.585. The molecule has 11 unspecified atom stereocenters. The molecular formula is C41H47NO. The zero-order valence-electron chi connectivity index (χ0n) is 25.7. The molecule has 6 fully saturated rings. The van der Waals surface area contributed by atoms with E-state index >= 15 is 0 Å². The number of para-hydroxylation sites is 2. The average molecular weight is 570 g/mol. The van der Waals surface area contributed by atoms with Crippen molar-refractivity contribution in [2.75, 3.05) is 0 Å². The van der Waals surface area contributed by atoms with Gasteiger partial charge in [-0.25, -0.2) is 0 Å². The lowest BCUT2D eigenvalue weighted by Crippen LogP contribution is -2.61. The minimum absolute atomic E-state index is 0.610. The zero-order chi connectivity index (χ0) is 28.1. The van der Waals surface area contributed by atoms with Gasteiger partial charge in [-0.2, -0.15) is 0 Å². The summed E-state index contributed by atoms with van der Waals surface area (Å²) in [6, 6.07) is 21.8. The van der Waals surface area contributed by atoms with Crippen LogP contribution >= 0.6 is 0 Å². The van der Waals surface area contributed by atoms with Crippen LogP contribution in [0.5, 0.6) is 0 Å². The van der Waals surface area contributed by atoms with E-state index in [1.807, 2.05) is 0 Å². The predicted molar refractivity (Wildman–Crippen MR) is 175 cm³/mol. The molecule has 0 N–H and O–H groups in total. The van der Waals surface area contributed by atoms with Crippen LogP contribution in [-0.2, 0) is 0 Å². The number of hydrogen-bond acceptors (Lipinski definition) is 2. The van der Waals surface area contributed by atoms with E-state index in [-0.39, 0.29) is 0 Å². The van der Waals surface area contributed by atoms with E-state index in [1.54, 1.807) is 32.1 Å². The van der Waals surface area contributed by atoms with Gasteiger partial charge in [0.05, 0.1) is 5.69 Å². The monoisotopic (exact) mass is 569 g/mol. The second-order valence-electron chi connectivity index (χ2n) is 15.8. The molecule has 6 saturated carbocycles. The van der Waals surface area contributed by atoms with E-state index in [0.717, 1.165) is 81.6 Å². The van der Waals surface area contributed by atoms with Gasteiger partial charge in [0, 0.05) is 27.9 Å². The first-order chi connectivity index (χ1) is 21.3. The molecule has 0 spiro atoms. The lowest BCUT2D eigenvalue weighted by atomic mass is 9.37. The molecule has 6 aliphatic carbocycles. The van der Waals surface area contributed by atoms with Crippen LogP contribution in [0, 0.1) is 59.2 Å². The summed E-state index contributed by atoms with van der Waals surface area (Å²) in [5.41, 5.74) is 5.51. The first-order valence-corrected chi connectivity index (χ1v) is 18.2. The van der Waals surface area contributed by atoms with Gasteiger partial charge in [-0.15, -0.1) is 0 Å². The van der Waals surface area contributed by atoms with Gasteiger partial charge in [-0.3, -0.25) is 4.98 Å². The maximum Gasteiger partial charge on any atom is 0.144 e. The molecule has 10 rings (SSSR count). The second-order valence-corrected chi connectivity index (χ2v) is 15.8. The minimum Gasteiger partial charge on any atom is -0.455 e. The Morgan fingerprint density at radius 2 is 1.14 bits per heavy atom. The van der Waals surface area contributed by atoms with Crippen LogP contribution in [0.25, 0.3) is 33.2 Å². The summed E-state index contributed by atoms with van der Waals surface area (Å²) in [7, 11) is 0. The Hall–Kier alpha value is -2.61. The smallest absolute Gasteiger partial charge is 0.144 e. The Labute approximate surface area is 257 Å². The number of furan rings is 1. The Balaban J connectivity index is 0.988. The predicted octanol–water partition coefficient (Wildman–Crippen LogP) is 11.0. The van der Waals surface area contributed by atoms with Gasteiger partial charge in [-0.1, -0.05) is 62.1 Å². The summed E-state index contributed by atoms with van der Waals surface area (Å²) in [6.45, 7) is 0. The van der Waals surface area contributed by atoms with E-state index in [0.29, 0.717) is 5.92 Å². The first-order valence-electron chi connectivity index (χ1n) is 18.2. The van der Waals surface area contributed by atoms with Gasteiger partial charge in [0.15, 0.2) is 0 Å². The summed E-state index contributed by atoms with van der Waals surface area (Å²) in [5.74, 6) is 11.1. The summed E-state index contributed by atoms with van der Waals surface area (Å²) < 4.78 is 6.43. The average Bonchev–Trinajstić information content (AvgIpc) is 3.47. The minimum atomic E-state index is 0.610. The number of fused-ring (bicyclic) bond motifs is 9. The molecule has 6 aliphatic rings. The molecule has 0 amide bonds. The third kappa shape index (κ3) is 3.80. The molecule has 0 saturated heterocycles. The van der Waals surface area contributed by atoms with Gasteiger partial charge >= 0.3 is 0 Å². The fourth-order valence-electron chi connectivity index (χ4n) is 13.3. The first kappa shape index (κ1) is 25.7. The highest BCUT2D eigenvalue weighted by atomic mass is 16.3. The van der Waals surface area contributed by atoms with Crippen LogP contribution < -0.4 is 0 Å². The molecule has 2 aromatic heterocycles. The summed E-state index contributed by atoms with van der Waals surface area (Å²) >= 11 is 0. The van der Waals surface area contributed by atoms with E-state index in [2.05, 4.69) is 60.7 Å². The largest absolute Gasteiger partial charge is 0.455 e. The summed E-state index contributed by atoms with van der Waals surface area (Å²) in [6.07, 6.45) is 19.7. The van der Waals surface area contributed by atoms with Crippen LogP contribution in [0.4, 0.5) is 0 Å². The van der Waals surface area contributed by atoms with Gasteiger partial charge < -0.3 is 4.42 Å². The number of pyridine rings is 1. The van der Waals surface area contributed by atoms with Crippen molar-refractivity contribution in [1.82, 2.24) is 4.98 Å². The van der Waals surface area contributed by atoms with Crippen LogP contribution in [0.2, 0.25) is 0 Å². The number of benzene rings is 2. The SMILES string of the molecule is c1cc(-c2cccc3c2oc2ccccc23)nc(C2CCC3C(C2)C2CCCC4C5CCCCC5C5CCCC3C5C42)c1. The molecule has 2 heterocycles. The quantitative estimate of drug-likeness (QED) is 0.240. The van der Waals surface area contributed by atoms with Crippen LogP contribution in [0.3, 0.4) is 0 Å². The van der Waals surface area contributed by atoms with Crippen molar-refractivity contribution in [1.29, 1.82) is 0 Å². The highest BCUT2D eigenvalue weighted by Crippen LogP contribution is 2.69. The Morgan fingerprint density at radius 1 is 0.512 bits per heavy atom. The van der Waals surface area contributed by atoms with Crippen molar-refractivity contribution in [3.05, 3.63) is 66.4 Å². The third-order valence-corrected chi connectivity index (χ3v) is 14.5. The van der Waals surface area contributed by atoms with Crippen molar-refractivity contribution >= 4 is 21.9 Å². The highest BCUT2D eigenvalue weighted by molar-refractivity contribution is 6.09. The zero-order valence-corrected chi connectivity index (χ0v) is 25.7. The number of aromatic nitrogens is 1. The van der Waals surface area contributed by atoms with Crippen molar-refractivity contribution in [2.24, 2.45) is 59.2 Å². The number of nitrogens with zero attached hydrogens (tertiary/aromatic N) is 1. The molecule has 0 radical (unpaired) electrons. The van der Waals surface area contributed by atoms with Gasteiger partial charge in [0.25, 0.3) is 0 Å². The summed E-state index contributed by atoms with van der Waals surface area (Å²) in [4.78, 5) is 5.44. The van der Waals surface area contributed by atoms with E-state index < -0.39 is 0 Å². The second kappa shape index (κ2) is 9.95. The van der Waals surface area contributed by atoms with Crippen LogP contribution in [0.15, 0.2) is 65.1 Å². The molecular weight excluding hydrogens is 522 g/mol.